The number of anilines is 1. The van der Waals surface area contributed by atoms with Gasteiger partial charge in [-0.2, -0.15) is 0 Å². The standard InChI is InChI=1S/C15H19IN2O3/c16-12-2-1-3-13(9-12)17-14(19)10-18-6-4-11(5-7-18)8-15(20)21/h1-3,9,11H,4-8,10H2,(H,17,19)(H,20,21). The third-order valence-electron chi connectivity index (χ3n) is 3.65. The number of carboxylic acids is 1. The van der Waals surface area contributed by atoms with E-state index in [1.54, 1.807) is 0 Å². The zero-order chi connectivity index (χ0) is 15.2. The Hall–Kier alpha value is -1.15. The van der Waals surface area contributed by atoms with E-state index in [1.807, 2.05) is 24.3 Å². The van der Waals surface area contributed by atoms with Crippen molar-refractivity contribution in [3.63, 3.8) is 0 Å². The third kappa shape index (κ3) is 5.62. The summed E-state index contributed by atoms with van der Waals surface area (Å²) in [7, 11) is 0. The molecule has 1 aromatic carbocycles. The van der Waals surface area contributed by atoms with Gasteiger partial charge >= 0.3 is 5.97 Å². The van der Waals surface area contributed by atoms with Crippen LogP contribution in [0.5, 0.6) is 0 Å². The second-order valence-electron chi connectivity index (χ2n) is 5.38. The van der Waals surface area contributed by atoms with E-state index in [0.29, 0.717) is 6.54 Å². The molecule has 0 atom stereocenters. The summed E-state index contributed by atoms with van der Waals surface area (Å²) in [6.45, 7) is 1.95. The van der Waals surface area contributed by atoms with E-state index in [-0.39, 0.29) is 18.2 Å². The van der Waals surface area contributed by atoms with Crippen molar-refractivity contribution in [3.05, 3.63) is 27.8 Å². The molecule has 1 saturated heterocycles. The van der Waals surface area contributed by atoms with Crippen molar-refractivity contribution in [1.82, 2.24) is 4.90 Å². The largest absolute Gasteiger partial charge is 0.481 e. The Balaban J connectivity index is 1.75. The fraction of sp³-hybridized carbons (Fsp3) is 0.467. The van der Waals surface area contributed by atoms with Crippen LogP contribution >= 0.6 is 22.6 Å². The average Bonchev–Trinajstić information content (AvgIpc) is 2.40. The van der Waals surface area contributed by atoms with E-state index in [1.165, 1.54) is 0 Å². The van der Waals surface area contributed by atoms with Crippen molar-refractivity contribution in [2.45, 2.75) is 19.3 Å². The van der Waals surface area contributed by atoms with Crippen LogP contribution in [0.15, 0.2) is 24.3 Å². The Morgan fingerprint density at radius 3 is 2.67 bits per heavy atom. The molecule has 1 fully saturated rings. The van der Waals surface area contributed by atoms with Crippen LogP contribution in [-0.2, 0) is 9.59 Å². The van der Waals surface area contributed by atoms with Crippen molar-refractivity contribution in [2.75, 3.05) is 25.0 Å². The van der Waals surface area contributed by atoms with Crippen LogP contribution in [-0.4, -0.2) is 41.5 Å². The maximum absolute atomic E-state index is 12.0. The Morgan fingerprint density at radius 2 is 2.05 bits per heavy atom. The van der Waals surface area contributed by atoms with Crippen molar-refractivity contribution < 1.29 is 14.7 Å². The first-order valence-electron chi connectivity index (χ1n) is 7.02. The molecule has 114 valence electrons. The average molecular weight is 402 g/mol. The molecule has 0 aromatic heterocycles. The molecule has 1 heterocycles. The number of piperidine rings is 1. The lowest BCUT2D eigenvalue weighted by molar-refractivity contribution is -0.138. The minimum Gasteiger partial charge on any atom is -0.481 e. The highest BCUT2D eigenvalue weighted by Crippen LogP contribution is 2.20. The molecule has 1 aromatic rings. The molecule has 1 aliphatic rings. The fourth-order valence-electron chi connectivity index (χ4n) is 2.57. The quantitative estimate of drug-likeness (QED) is 0.743. The van der Waals surface area contributed by atoms with Gasteiger partial charge in [-0.05, 0) is 72.6 Å². The van der Waals surface area contributed by atoms with Gasteiger partial charge in [0, 0.05) is 15.7 Å². The highest BCUT2D eigenvalue weighted by Gasteiger charge is 2.22. The van der Waals surface area contributed by atoms with Crippen LogP contribution in [0.2, 0.25) is 0 Å². The van der Waals surface area contributed by atoms with E-state index in [9.17, 15) is 9.59 Å². The van der Waals surface area contributed by atoms with E-state index in [2.05, 4.69) is 32.8 Å². The van der Waals surface area contributed by atoms with Crippen molar-refractivity contribution in [3.8, 4) is 0 Å². The molecule has 0 radical (unpaired) electrons. The number of nitrogens with zero attached hydrogens (tertiary/aromatic N) is 1. The summed E-state index contributed by atoms with van der Waals surface area (Å²) in [6.07, 6.45) is 1.94. The molecule has 0 spiro atoms. The summed E-state index contributed by atoms with van der Waals surface area (Å²) in [5.74, 6) is -0.504. The van der Waals surface area contributed by atoms with Crippen LogP contribution in [0.3, 0.4) is 0 Å². The van der Waals surface area contributed by atoms with Gasteiger partial charge in [0.1, 0.15) is 0 Å². The molecular formula is C15H19IN2O3. The summed E-state index contributed by atoms with van der Waals surface area (Å²) in [5, 5.41) is 11.7. The van der Waals surface area contributed by atoms with E-state index >= 15 is 0 Å². The van der Waals surface area contributed by atoms with Crippen LogP contribution in [0.1, 0.15) is 19.3 Å². The molecule has 0 unspecified atom stereocenters. The summed E-state index contributed by atoms with van der Waals surface area (Å²) in [5.41, 5.74) is 0.813. The number of benzene rings is 1. The topological polar surface area (TPSA) is 69.6 Å². The number of hydrogen-bond acceptors (Lipinski definition) is 3. The minimum absolute atomic E-state index is 0.0197. The van der Waals surface area contributed by atoms with Gasteiger partial charge in [0.25, 0.3) is 0 Å². The zero-order valence-electron chi connectivity index (χ0n) is 11.7. The molecule has 6 heteroatoms. The predicted octanol–water partition coefficient (Wildman–Crippen LogP) is 2.42. The molecule has 0 bridgehead atoms. The number of halogens is 1. The number of hydrogen-bond donors (Lipinski definition) is 2. The number of amides is 1. The normalized spacial score (nSPS) is 16.6. The maximum Gasteiger partial charge on any atom is 0.303 e. The van der Waals surface area contributed by atoms with Gasteiger partial charge in [-0.25, -0.2) is 0 Å². The summed E-state index contributed by atoms with van der Waals surface area (Å²) < 4.78 is 1.08. The first kappa shape index (κ1) is 16.2. The molecule has 2 N–H and O–H groups in total. The summed E-state index contributed by atoms with van der Waals surface area (Å²) >= 11 is 2.21. The molecule has 1 amide bonds. The number of nitrogens with one attached hydrogen (secondary N) is 1. The highest BCUT2D eigenvalue weighted by atomic mass is 127. The molecule has 5 nitrogen and oxygen atoms in total. The number of aliphatic carboxylic acids is 1. The van der Waals surface area contributed by atoms with Gasteiger partial charge in [0.2, 0.25) is 5.91 Å². The van der Waals surface area contributed by atoms with Gasteiger partial charge in [0.15, 0.2) is 0 Å². The van der Waals surface area contributed by atoms with Gasteiger partial charge in [0.05, 0.1) is 6.54 Å². The van der Waals surface area contributed by atoms with Crippen molar-refractivity contribution in [1.29, 1.82) is 0 Å². The fourth-order valence-corrected chi connectivity index (χ4v) is 3.11. The lowest BCUT2D eigenvalue weighted by atomic mass is 9.94. The molecule has 0 aliphatic carbocycles. The predicted molar refractivity (Wildman–Crippen MR) is 89.2 cm³/mol. The Labute approximate surface area is 137 Å². The Kier molecular flexibility index (Phi) is 5.98. The van der Waals surface area contributed by atoms with Gasteiger partial charge in [-0.15, -0.1) is 0 Å². The number of carboxylic acid groups (broad SMARTS) is 1. The number of carbonyl (C=O) groups excluding carboxylic acids is 1. The second-order valence-corrected chi connectivity index (χ2v) is 6.62. The lowest BCUT2D eigenvalue weighted by Gasteiger charge is -2.30. The first-order valence-corrected chi connectivity index (χ1v) is 8.10. The Morgan fingerprint density at radius 1 is 1.33 bits per heavy atom. The van der Waals surface area contributed by atoms with Crippen LogP contribution in [0.4, 0.5) is 5.69 Å². The lowest BCUT2D eigenvalue weighted by Crippen LogP contribution is -2.39. The first-order chi connectivity index (χ1) is 10.0. The summed E-state index contributed by atoms with van der Waals surface area (Å²) in [6, 6.07) is 7.69. The van der Waals surface area contributed by atoms with E-state index < -0.39 is 5.97 Å². The van der Waals surface area contributed by atoms with Crippen LogP contribution < -0.4 is 5.32 Å². The number of likely N-dealkylation sites (tertiary alicyclic amines) is 1. The molecule has 0 saturated carbocycles. The molecular weight excluding hydrogens is 383 g/mol. The second kappa shape index (κ2) is 7.74. The smallest absolute Gasteiger partial charge is 0.303 e. The molecule has 1 aliphatic heterocycles. The highest BCUT2D eigenvalue weighted by molar-refractivity contribution is 14.1. The van der Waals surface area contributed by atoms with Gasteiger partial charge in [-0.3, -0.25) is 14.5 Å². The minimum atomic E-state index is -0.732. The van der Waals surface area contributed by atoms with Gasteiger partial charge < -0.3 is 10.4 Å². The van der Waals surface area contributed by atoms with E-state index in [0.717, 1.165) is 35.2 Å². The molecule has 21 heavy (non-hydrogen) atoms. The maximum atomic E-state index is 12.0. The number of carbonyl (C=O) groups is 2. The van der Waals surface area contributed by atoms with E-state index in [4.69, 9.17) is 5.11 Å². The van der Waals surface area contributed by atoms with Crippen LogP contribution in [0, 0.1) is 9.49 Å². The summed E-state index contributed by atoms with van der Waals surface area (Å²) in [4.78, 5) is 24.8. The SMILES string of the molecule is O=C(O)CC1CCN(CC(=O)Nc2cccc(I)c2)CC1. The van der Waals surface area contributed by atoms with Gasteiger partial charge in [-0.1, -0.05) is 6.07 Å². The third-order valence-corrected chi connectivity index (χ3v) is 4.32. The zero-order valence-corrected chi connectivity index (χ0v) is 13.9. The van der Waals surface area contributed by atoms with Crippen molar-refractivity contribution >= 4 is 40.2 Å². The number of rotatable bonds is 5. The van der Waals surface area contributed by atoms with Crippen LogP contribution in [0.25, 0.3) is 0 Å². The monoisotopic (exact) mass is 402 g/mol. The Bertz CT molecular complexity index is 513. The molecule has 2 rings (SSSR count). The van der Waals surface area contributed by atoms with Crippen molar-refractivity contribution in [2.24, 2.45) is 5.92 Å².